The van der Waals surface area contributed by atoms with Crippen molar-refractivity contribution < 1.29 is 32.6 Å². The van der Waals surface area contributed by atoms with E-state index in [0.29, 0.717) is 61.3 Å². The lowest BCUT2D eigenvalue weighted by Gasteiger charge is -2.29. The number of alkyl halides is 3. The van der Waals surface area contributed by atoms with Crippen LogP contribution < -0.4 is 29.9 Å². The Bertz CT molecular complexity index is 3200. The van der Waals surface area contributed by atoms with Crippen molar-refractivity contribution in [2.45, 2.75) is 65.7 Å². The van der Waals surface area contributed by atoms with E-state index in [1.165, 1.54) is 21.9 Å². The number of thiocarbonyl (C=S) groups is 2. The van der Waals surface area contributed by atoms with Crippen molar-refractivity contribution in [3.8, 4) is 11.9 Å². The highest BCUT2D eigenvalue weighted by molar-refractivity contribution is 7.81. The summed E-state index contributed by atoms with van der Waals surface area (Å²) in [4.78, 5) is 64.2. The summed E-state index contributed by atoms with van der Waals surface area (Å²) in [6.07, 6.45) is -4.79. The van der Waals surface area contributed by atoms with Crippen molar-refractivity contribution in [2.24, 2.45) is 0 Å². The zero-order valence-electron chi connectivity index (χ0n) is 36.4. The molecule has 6 aromatic rings. The van der Waals surface area contributed by atoms with Crippen molar-refractivity contribution in [3.63, 3.8) is 0 Å². The highest BCUT2D eigenvalue weighted by Gasteiger charge is 2.52. The van der Waals surface area contributed by atoms with E-state index in [-0.39, 0.29) is 41.4 Å². The number of carbonyl (C=O) groups is 2. The standard InChI is InChI=1S/C24H20F3N5O3S.C22H19N5O2S/c1-13-29-19-7-6-16(10-17(19)20(30-13)35-9-8-33)32-22(36)31(21(34)23(32,2)3)15-5-4-14(12-28)18(11-15)24(25,26)27;1-12-10-14(6-8-17(12)23-5)26-20(29)22(3,4)27(21(26)30)15-7-9-18-16(11-15)19(28)25-13(2)24-18/h4-7,10-11,33H,8-9H2,1-3H3;6-11H,1-4H3,(H,24,25,28). The molecule has 0 aliphatic carbocycles. The Labute approximate surface area is 386 Å². The largest absolute Gasteiger partial charge is 0.475 e. The number of aryl methyl sites for hydroxylation is 3. The number of carbonyl (C=O) groups excluding carboxylic acids is 2. The third kappa shape index (κ3) is 8.14. The number of nitriles is 1. The number of aromatic amines is 1. The molecule has 2 amide bonds. The molecule has 2 aliphatic heterocycles. The third-order valence-electron chi connectivity index (χ3n) is 11.0. The molecule has 336 valence electrons. The quantitative estimate of drug-likeness (QED) is 0.116. The molecule has 4 aromatic carbocycles. The number of hydrogen-bond acceptors (Lipinski definition) is 11. The van der Waals surface area contributed by atoms with Crippen LogP contribution in [0.5, 0.6) is 5.88 Å². The molecule has 20 heteroatoms. The van der Waals surface area contributed by atoms with Crippen LogP contribution in [0.4, 0.5) is 41.6 Å². The van der Waals surface area contributed by atoms with E-state index >= 15 is 0 Å². The first-order valence-electron chi connectivity index (χ1n) is 20.0. The van der Waals surface area contributed by atoms with Gasteiger partial charge in [-0.1, -0.05) is 6.07 Å². The predicted octanol–water partition coefficient (Wildman–Crippen LogP) is 8.12. The molecule has 15 nitrogen and oxygen atoms in total. The smallest absolute Gasteiger partial charge is 0.417 e. The summed E-state index contributed by atoms with van der Waals surface area (Å²) in [5.41, 5.74) is -0.0928. The number of aromatic nitrogens is 4. The van der Waals surface area contributed by atoms with Crippen molar-refractivity contribution in [1.82, 2.24) is 19.9 Å². The molecular formula is C46H39F3N10O5S2. The van der Waals surface area contributed by atoms with Crippen molar-refractivity contribution in [1.29, 1.82) is 5.26 Å². The van der Waals surface area contributed by atoms with Gasteiger partial charge in [0.25, 0.3) is 17.4 Å². The summed E-state index contributed by atoms with van der Waals surface area (Å²) in [6, 6.07) is 20.1. The van der Waals surface area contributed by atoms with Gasteiger partial charge in [0, 0.05) is 17.1 Å². The second-order valence-corrected chi connectivity index (χ2v) is 17.0. The van der Waals surface area contributed by atoms with Gasteiger partial charge in [-0.2, -0.15) is 23.4 Å². The molecule has 0 unspecified atom stereocenters. The average Bonchev–Trinajstić information content (AvgIpc) is 3.55. The molecule has 0 saturated carbocycles. The van der Waals surface area contributed by atoms with E-state index in [0.717, 1.165) is 22.6 Å². The molecule has 2 N–H and O–H groups in total. The van der Waals surface area contributed by atoms with Gasteiger partial charge in [0.2, 0.25) is 5.88 Å². The lowest BCUT2D eigenvalue weighted by Crippen LogP contribution is -2.44. The number of H-pyrrole nitrogens is 1. The summed E-state index contributed by atoms with van der Waals surface area (Å²) in [5, 5.41) is 19.5. The summed E-state index contributed by atoms with van der Waals surface area (Å²) < 4.78 is 46.2. The van der Waals surface area contributed by atoms with Crippen LogP contribution in [0.15, 0.2) is 77.6 Å². The van der Waals surface area contributed by atoms with Crippen LogP contribution in [-0.2, 0) is 15.8 Å². The first-order valence-corrected chi connectivity index (χ1v) is 20.9. The van der Waals surface area contributed by atoms with Gasteiger partial charge in [0.1, 0.15) is 29.3 Å². The minimum absolute atomic E-state index is 0.00982. The van der Waals surface area contributed by atoms with Gasteiger partial charge < -0.3 is 24.6 Å². The summed E-state index contributed by atoms with van der Waals surface area (Å²) in [6.45, 7) is 19.1. The van der Waals surface area contributed by atoms with Gasteiger partial charge in [-0.25, -0.2) is 14.8 Å². The highest BCUT2D eigenvalue weighted by Crippen LogP contribution is 2.42. The molecule has 0 radical (unpaired) electrons. The first-order chi connectivity index (χ1) is 31.0. The van der Waals surface area contributed by atoms with Crippen LogP contribution in [0.1, 0.15) is 56.0 Å². The highest BCUT2D eigenvalue weighted by atomic mass is 32.1. The van der Waals surface area contributed by atoms with Crippen molar-refractivity contribution in [2.75, 3.05) is 32.8 Å². The minimum Gasteiger partial charge on any atom is -0.475 e. The molecule has 8 rings (SSSR count). The van der Waals surface area contributed by atoms with Gasteiger partial charge in [-0.05, 0) is 145 Å². The SMILES string of the molecule is Cc1nc(OCCO)c2cc(N3C(=S)N(c4ccc(C#N)c(C(F)(F)F)c4)C(=O)C3(C)C)ccc2n1.[C-]#[N+]c1ccc(N2C(=O)C(C)(C)N(c3ccc4nc(C)[nH]c(=O)c4c3)C2=S)cc1C. The summed E-state index contributed by atoms with van der Waals surface area (Å²) in [5.74, 6) is 0.516. The van der Waals surface area contributed by atoms with Crippen LogP contribution in [0.25, 0.3) is 26.7 Å². The number of anilines is 4. The number of rotatable bonds is 7. The number of nitrogens with one attached hydrogen (secondary N) is 1. The minimum atomic E-state index is -4.79. The summed E-state index contributed by atoms with van der Waals surface area (Å²) in [7, 11) is 0. The number of nitrogens with zero attached hydrogens (tertiary/aromatic N) is 9. The second kappa shape index (κ2) is 17.2. The normalized spacial score (nSPS) is 15.6. The Kier molecular flexibility index (Phi) is 12.1. The predicted molar refractivity (Wildman–Crippen MR) is 251 cm³/mol. The number of benzene rings is 4. The molecule has 4 heterocycles. The van der Waals surface area contributed by atoms with Crippen molar-refractivity contribution in [3.05, 3.63) is 123 Å². The fraction of sp³-hybridized carbons (Fsp3) is 0.261. The van der Waals surface area contributed by atoms with E-state index in [2.05, 4.69) is 24.8 Å². The van der Waals surface area contributed by atoms with Crippen LogP contribution in [-0.4, -0.2) is 71.4 Å². The van der Waals surface area contributed by atoms with E-state index in [4.69, 9.17) is 46.1 Å². The molecule has 0 atom stereocenters. The van der Waals surface area contributed by atoms with Gasteiger partial charge in [-0.15, -0.1) is 0 Å². The van der Waals surface area contributed by atoms with Gasteiger partial charge in [-0.3, -0.25) is 24.2 Å². The van der Waals surface area contributed by atoms with E-state index < -0.39 is 34.3 Å². The van der Waals surface area contributed by atoms with E-state index in [1.807, 2.05) is 13.0 Å². The lowest BCUT2D eigenvalue weighted by atomic mass is 10.0. The number of amides is 2. The molecule has 2 aromatic heterocycles. The molecular weight excluding hydrogens is 894 g/mol. The maximum atomic E-state index is 13.6. The third-order valence-corrected chi connectivity index (χ3v) is 11.7. The lowest BCUT2D eigenvalue weighted by molar-refractivity contribution is -0.137. The van der Waals surface area contributed by atoms with Gasteiger partial charge in [0.05, 0.1) is 57.9 Å². The zero-order valence-corrected chi connectivity index (χ0v) is 38.0. The number of aliphatic hydroxyl groups excluding tert-OH is 1. The molecule has 2 fully saturated rings. The zero-order chi connectivity index (χ0) is 48.2. The number of aliphatic hydroxyl groups is 1. The monoisotopic (exact) mass is 932 g/mol. The molecule has 66 heavy (non-hydrogen) atoms. The molecule has 2 aliphatic rings. The van der Waals surface area contributed by atoms with Crippen LogP contribution >= 0.6 is 24.4 Å². The van der Waals surface area contributed by atoms with Crippen LogP contribution in [0.3, 0.4) is 0 Å². The Balaban J connectivity index is 0.000000199. The number of hydrogen-bond donors (Lipinski definition) is 2. The second-order valence-electron chi connectivity index (χ2n) is 16.3. The number of halogens is 3. The van der Waals surface area contributed by atoms with Crippen LogP contribution in [0.2, 0.25) is 0 Å². The summed E-state index contributed by atoms with van der Waals surface area (Å²) >= 11 is 11.3. The van der Waals surface area contributed by atoms with Gasteiger partial charge >= 0.3 is 6.18 Å². The van der Waals surface area contributed by atoms with Gasteiger partial charge in [0.15, 0.2) is 15.9 Å². The number of fused-ring (bicyclic) bond motifs is 2. The number of ether oxygens (including phenoxy) is 1. The molecule has 2 saturated heterocycles. The molecule has 0 spiro atoms. The Hall–Kier alpha value is -7.39. The maximum Gasteiger partial charge on any atom is 0.417 e. The fourth-order valence-corrected chi connectivity index (χ4v) is 8.84. The topological polar surface area (TPSA) is 176 Å². The Morgan fingerprint density at radius 3 is 1.85 bits per heavy atom. The van der Waals surface area contributed by atoms with E-state index in [9.17, 15) is 27.6 Å². The van der Waals surface area contributed by atoms with Crippen LogP contribution in [0, 0.1) is 38.7 Å². The maximum absolute atomic E-state index is 13.6. The Morgan fingerprint density at radius 1 is 0.788 bits per heavy atom. The average molecular weight is 933 g/mol. The first kappa shape index (κ1) is 46.6. The molecule has 0 bridgehead atoms. The van der Waals surface area contributed by atoms with Crippen molar-refractivity contribution >= 4 is 96.7 Å². The fourth-order valence-electron chi connectivity index (χ4n) is 7.79. The van der Waals surface area contributed by atoms with E-state index in [1.54, 1.807) is 95.0 Å². The Morgan fingerprint density at radius 2 is 1.32 bits per heavy atom.